The van der Waals surface area contributed by atoms with Crippen LogP contribution in [0, 0.1) is 5.92 Å². The van der Waals surface area contributed by atoms with E-state index in [-0.39, 0.29) is 24.3 Å². The Morgan fingerprint density at radius 1 is 1.03 bits per heavy atom. The third-order valence-electron chi connectivity index (χ3n) is 7.14. The molecule has 2 aromatic rings. The number of likely N-dealkylation sites (tertiary alicyclic amines) is 1. The van der Waals surface area contributed by atoms with Crippen LogP contribution < -0.4 is 0 Å². The largest absolute Gasteiger partial charge is 0.464 e. The standard InChI is InChI=1S/C29H41NO7/c1-2-35-29-23(12-16-33-18-19-34-17-15-31)24(25-21-36-26-11-7-6-10-22(25)26)20-27(37-29)28(32)30-13-8-4-3-5-9-14-30/h6-7,10-11,20-21,23-24,29,31H,2-5,8-9,12-19H2,1H3/t23?,24-,29?/m0/s1. The zero-order valence-corrected chi connectivity index (χ0v) is 21.9. The van der Waals surface area contributed by atoms with E-state index in [1.807, 2.05) is 36.1 Å². The van der Waals surface area contributed by atoms with E-state index in [0.29, 0.717) is 45.2 Å². The molecule has 2 unspecified atom stereocenters. The van der Waals surface area contributed by atoms with Gasteiger partial charge in [-0.05, 0) is 38.3 Å². The van der Waals surface area contributed by atoms with Crippen molar-refractivity contribution in [3.05, 3.63) is 47.9 Å². The lowest BCUT2D eigenvalue weighted by atomic mass is 9.81. The number of aliphatic hydroxyl groups excluding tert-OH is 1. The Kier molecular flexibility index (Phi) is 10.8. The second-order valence-corrected chi connectivity index (χ2v) is 9.65. The average Bonchev–Trinajstić information content (AvgIpc) is 3.32. The van der Waals surface area contributed by atoms with Gasteiger partial charge in [0.15, 0.2) is 5.76 Å². The summed E-state index contributed by atoms with van der Waals surface area (Å²) < 4.78 is 29.4. The van der Waals surface area contributed by atoms with Crippen LogP contribution in [-0.2, 0) is 23.7 Å². The second kappa shape index (κ2) is 14.5. The number of para-hydroxylation sites is 1. The first-order valence-electron chi connectivity index (χ1n) is 13.7. The van der Waals surface area contributed by atoms with Gasteiger partial charge >= 0.3 is 0 Å². The van der Waals surface area contributed by atoms with Crippen molar-refractivity contribution < 1.29 is 33.3 Å². The third kappa shape index (κ3) is 7.35. The Balaban J connectivity index is 1.58. The summed E-state index contributed by atoms with van der Waals surface area (Å²) in [6.45, 7) is 5.61. The highest BCUT2D eigenvalue weighted by Gasteiger charge is 2.40. The van der Waals surface area contributed by atoms with Crippen molar-refractivity contribution in [2.45, 2.75) is 57.7 Å². The monoisotopic (exact) mass is 515 g/mol. The molecule has 2 aliphatic heterocycles. The molecule has 3 atom stereocenters. The lowest BCUT2D eigenvalue weighted by Gasteiger charge is -2.38. The van der Waals surface area contributed by atoms with Crippen LogP contribution in [0.3, 0.4) is 0 Å². The molecule has 1 saturated heterocycles. The molecule has 1 aromatic heterocycles. The molecule has 0 bridgehead atoms. The number of aliphatic hydroxyl groups is 1. The fraction of sp³-hybridized carbons (Fsp3) is 0.621. The van der Waals surface area contributed by atoms with Crippen LogP contribution >= 0.6 is 0 Å². The topological polar surface area (TPSA) is 90.6 Å². The molecular formula is C29H41NO7. The minimum Gasteiger partial charge on any atom is -0.464 e. The predicted octanol–water partition coefficient (Wildman–Crippen LogP) is 4.62. The van der Waals surface area contributed by atoms with Crippen LogP contribution in [0.1, 0.15) is 56.9 Å². The Labute approximate surface area is 219 Å². The second-order valence-electron chi connectivity index (χ2n) is 9.65. The van der Waals surface area contributed by atoms with E-state index < -0.39 is 6.29 Å². The molecule has 37 heavy (non-hydrogen) atoms. The van der Waals surface area contributed by atoms with Crippen molar-refractivity contribution in [2.24, 2.45) is 5.92 Å². The quantitative estimate of drug-likeness (QED) is 0.413. The van der Waals surface area contributed by atoms with Crippen molar-refractivity contribution in [3.8, 4) is 0 Å². The van der Waals surface area contributed by atoms with Crippen LogP contribution in [0.4, 0.5) is 0 Å². The SMILES string of the molecule is CCOC1OC(C(=O)N2CCCCCCC2)=C[C@H](c2coc3ccccc23)C1CCOCCOCCO. The van der Waals surface area contributed by atoms with Crippen LogP contribution in [0.5, 0.6) is 0 Å². The first kappa shape index (κ1) is 27.6. The normalized spacial score (nSPS) is 22.8. The van der Waals surface area contributed by atoms with Crippen LogP contribution in [0.25, 0.3) is 11.0 Å². The van der Waals surface area contributed by atoms with Crippen molar-refractivity contribution >= 4 is 16.9 Å². The van der Waals surface area contributed by atoms with Gasteiger partial charge < -0.3 is 33.4 Å². The van der Waals surface area contributed by atoms with Gasteiger partial charge in [0.05, 0.1) is 32.7 Å². The Hall–Kier alpha value is -2.39. The molecule has 8 nitrogen and oxygen atoms in total. The summed E-state index contributed by atoms with van der Waals surface area (Å²) in [5.41, 5.74) is 1.84. The molecule has 1 N–H and O–H groups in total. The number of hydrogen-bond donors (Lipinski definition) is 1. The average molecular weight is 516 g/mol. The molecule has 0 saturated carbocycles. The first-order valence-corrected chi connectivity index (χ1v) is 13.7. The number of amides is 1. The summed E-state index contributed by atoms with van der Waals surface area (Å²) in [5.74, 6) is 0.115. The first-order chi connectivity index (χ1) is 18.2. The van der Waals surface area contributed by atoms with E-state index in [0.717, 1.165) is 55.3 Å². The zero-order chi connectivity index (χ0) is 25.9. The smallest absolute Gasteiger partial charge is 0.288 e. The minimum atomic E-state index is -0.573. The van der Waals surface area contributed by atoms with E-state index in [2.05, 4.69) is 6.07 Å². The van der Waals surface area contributed by atoms with Gasteiger partial charge in [0.2, 0.25) is 6.29 Å². The van der Waals surface area contributed by atoms with Gasteiger partial charge in [0, 0.05) is 49.1 Å². The molecule has 8 heteroatoms. The summed E-state index contributed by atoms with van der Waals surface area (Å²) in [7, 11) is 0. The molecule has 0 radical (unpaired) electrons. The molecule has 4 rings (SSSR count). The minimum absolute atomic E-state index is 0.000598. The lowest BCUT2D eigenvalue weighted by molar-refractivity contribution is -0.172. The van der Waals surface area contributed by atoms with Crippen molar-refractivity contribution in [2.75, 3.05) is 52.7 Å². The van der Waals surface area contributed by atoms with E-state index in [9.17, 15) is 4.79 Å². The van der Waals surface area contributed by atoms with Crippen LogP contribution in [0.2, 0.25) is 0 Å². The molecule has 1 amide bonds. The Morgan fingerprint density at radius 3 is 2.51 bits per heavy atom. The van der Waals surface area contributed by atoms with E-state index in [4.69, 9.17) is 28.5 Å². The summed E-state index contributed by atoms with van der Waals surface area (Å²) >= 11 is 0. The molecule has 0 aliphatic carbocycles. The third-order valence-corrected chi connectivity index (χ3v) is 7.14. The number of hydrogen-bond acceptors (Lipinski definition) is 7. The number of furan rings is 1. The maximum absolute atomic E-state index is 13.6. The summed E-state index contributed by atoms with van der Waals surface area (Å²) in [6, 6.07) is 7.97. The molecule has 1 fully saturated rings. The molecule has 1 aromatic carbocycles. The number of benzene rings is 1. The van der Waals surface area contributed by atoms with Crippen molar-refractivity contribution in [3.63, 3.8) is 0 Å². The van der Waals surface area contributed by atoms with Crippen LogP contribution in [-0.4, -0.2) is 74.9 Å². The number of fused-ring (bicyclic) bond motifs is 1. The predicted molar refractivity (Wildman–Crippen MR) is 140 cm³/mol. The van der Waals surface area contributed by atoms with Crippen molar-refractivity contribution in [1.29, 1.82) is 0 Å². The fourth-order valence-corrected chi connectivity index (χ4v) is 5.26. The van der Waals surface area contributed by atoms with Gasteiger partial charge in [-0.1, -0.05) is 37.5 Å². The molecule has 3 heterocycles. The van der Waals surface area contributed by atoms with Gasteiger partial charge in [-0.2, -0.15) is 0 Å². The maximum atomic E-state index is 13.6. The molecular weight excluding hydrogens is 474 g/mol. The van der Waals surface area contributed by atoms with Gasteiger partial charge in [-0.15, -0.1) is 0 Å². The Morgan fingerprint density at radius 2 is 1.76 bits per heavy atom. The Bertz CT molecular complexity index is 995. The lowest BCUT2D eigenvalue weighted by Crippen LogP contribution is -2.41. The van der Waals surface area contributed by atoms with Gasteiger partial charge in [-0.25, -0.2) is 0 Å². The number of rotatable bonds is 12. The summed E-state index contributed by atoms with van der Waals surface area (Å²) in [5, 5.41) is 9.88. The van der Waals surface area contributed by atoms with Gasteiger partial charge in [0.1, 0.15) is 5.58 Å². The number of allylic oxidation sites excluding steroid dienone is 1. The van der Waals surface area contributed by atoms with Gasteiger partial charge in [-0.3, -0.25) is 4.79 Å². The fourth-order valence-electron chi connectivity index (χ4n) is 5.26. The maximum Gasteiger partial charge on any atom is 0.288 e. The van der Waals surface area contributed by atoms with Gasteiger partial charge in [0.25, 0.3) is 5.91 Å². The number of carbonyl (C=O) groups excluding carboxylic acids is 1. The zero-order valence-electron chi connectivity index (χ0n) is 21.9. The number of nitrogens with zero attached hydrogens (tertiary/aromatic N) is 1. The summed E-state index contributed by atoms with van der Waals surface area (Å²) in [4.78, 5) is 15.6. The van der Waals surface area contributed by atoms with E-state index in [1.165, 1.54) is 6.42 Å². The van der Waals surface area contributed by atoms with Crippen molar-refractivity contribution in [1.82, 2.24) is 4.90 Å². The van der Waals surface area contributed by atoms with E-state index >= 15 is 0 Å². The highest BCUT2D eigenvalue weighted by atomic mass is 16.7. The highest BCUT2D eigenvalue weighted by Crippen LogP contribution is 2.42. The molecule has 204 valence electrons. The highest BCUT2D eigenvalue weighted by molar-refractivity contribution is 5.92. The number of ether oxygens (including phenoxy) is 4. The summed E-state index contributed by atoms with van der Waals surface area (Å²) in [6.07, 6.45) is 9.47. The van der Waals surface area contributed by atoms with Crippen LogP contribution in [0.15, 0.2) is 46.8 Å². The number of carbonyl (C=O) groups is 1. The molecule has 0 spiro atoms. The van der Waals surface area contributed by atoms with E-state index in [1.54, 1.807) is 6.26 Å². The molecule has 2 aliphatic rings.